The molecule has 0 aliphatic carbocycles. The molecule has 6 nitrogen and oxygen atoms in total. The number of amides is 2. The minimum atomic E-state index is -0.284. The maximum Gasteiger partial charge on any atom is 0.252 e. The van der Waals surface area contributed by atoms with Gasteiger partial charge in [0.25, 0.3) is 5.91 Å². The molecule has 132 valence electrons. The molecule has 0 unspecified atom stereocenters. The molecule has 2 N–H and O–H groups in total. The Hall–Kier alpha value is -2.54. The van der Waals surface area contributed by atoms with Crippen molar-refractivity contribution in [1.29, 1.82) is 0 Å². The molecule has 25 heavy (non-hydrogen) atoms. The lowest BCUT2D eigenvalue weighted by Gasteiger charge is -2.26. The first-order valence-electron chi connectivity index (χ1n) is 7.93. The first-order chi connectivity index (χ1) is 12.0. The number of carbonyl (C=O) groups is 2. The number of hydrogen-bond acceptors (Lipinski definition) is 5. The fourth-order valence-corrected chi connectivity index (χ4v) is 3.09. The zero-order valence-electron chi connectivity index (χ0n) is 14.1. The van der Waals surface area contributed by atoms with E-state index in [9.17, 15) is 9.59 Å². The summed E-state index contributed by atoms with van der Waals surface area (Å²) in [6, 6.07) is 7.51. The Morgan fingerprint density at radius 2 is 1.96 bits per heavy atom. The van der Waals surface area contributed by atoms with Crippen LogP contribution in [0.5, 0.6) is 11.5 Å². The van der Waals surface area contributed by atoms with Gasteiger partial charge in [-0.15, -0.1) is 0 Å². The number of hydrogen-bond donors (Lipinski definition) is 2. The molecule has 0 spiro atoms. The van der Waals surface area contributed by atoms with E-state index in [2.05, 4.69) is 10.6 Å². The maximum atomic E-state index is 12.0. The SMILES string of the molecule is CC(C)(CNC(=O)CNC(=O)c1ccsc1)c1ccc2c(c1)OCO2. The summed E-state index contributed by atoms with van der Waals surface area (Å²) < 4.78 is 10.7. The van der Waals surface area contributed by atoms with Crippen molar-refractivity contribution < 1.29 is 19.1 Å². The summed E-state index contributed by atoms with van der Waals surface area (Å²) in [5.41, 5.74) is 1.33. The summed E-state index contributed by atoms with van der Waals surface area (Å²) in [5.74, 6) is 0.989. The highest BCUT2D eigenvalue weighted by Crippen LogP contribution is 2.36. The molecule has 3 rings (SSSR count). The predicted octanol–water partition coefficient (Wildman–Crippen LogP) is 2.30. The van der Waals surface area contributed by atoms with Crippen molar-refractivity contribution in [3.63, 3.8) is 0 Å². The third kappa shape index (κ3) is 4.11. The third-order valence-electron chi connectivity index (χ3n) is 4.07. The van der Waals surface area contributed by atoms with Gasteiger partial charge < -0.3 is 20.1 Å². The Morgan fingerprint density at radius 1 is 1.16 bits per heavy atom. The number of nitrogens with one attached hydrogen (secondary N) is 2. The zero-order valence-corrected chi connectivity index (χ0v) is 14.9. The number of rotatable bonds is 6. The highest BCUT2D eigenvalue weighted by atomic mass is 32.1. The summed E-state index contributed by atoms with van der Waals surface area (Å²) in [6.07, 6.45) is 0. The lowest BCUT2D eigenvalue weighted by molar-refractivity contribution is -0.120. The van der Waals surface area contributed by atoms with E-state index in [4.69, 9.17) is 9.47 Å². The van der Waals surface area contributed by atoms with Crippen molar-refractivity contribution in [3.8, 4) is 11.5 Å². The number of benzene rings is 1. The predicted molar refractivity (Wildman–Crippen MR) is 95.3 cm³/mol. The van der Waals surface area contributed by atoms with Gasteiger partial charge in [0.2, 0.25) is 12.7 Å². The van der Waals surface area contributed by atoms with Crippen LogP contribution in [0.25, 0.3) is 0 Å². The quantitative estimate of drug-likeness (QED) is 0.829. The molecule has 0 atom stereocenters. The van der Waals surface area contributed by atoms with Gasteiger partial charge in [0.1, 0.15) is 0 Å². The average Bonchev–Trinajstić information content (AvgIpc) is 3.28. The highest BCUT2D eigenvalue weighted by Gasteiger charge is 2.24. The second-order valence-corrected chi connectivity index (χ2v) is 7.20. The van der Waals surface area contributed by atoms with Crippen molar-refractivity contribution in [2.75, 3.05) is 19.9 Å². The summed E-state index contributed by atoms with van der Waals surface area (Å²) in [5, 5.41) is 9.05. The van der Waals surface area contributed by atoms with E-state index in [1.165, 1.54) is 11.3 Å². The first-order valence-corrected chi connectivity index (χ1v) is 8.87. The Labute approximate surface area is 150 Å². The van der Waals surface area contributed by atoms with E-state index < -0.39 is 0 Å². The molecular weight excluding hydrogens is 340 g/mol. The van der Waals surface area contributed by atoms with Crippen LogP contribution in [0.1, 0.15) is 29.8 Å². The minimum absolute atomic E-state index is 0.0497. The molecule has 2 amide bonds. The van der Waals surface area contributed by atoms with E-state index in [0.29, 0.717) is 12.1 Å². The molecule has 0 fully saturated rings. The average molecular weight is 360 g/mol. The maximum absolute atomic E-state index is 12.0. The molecule has 0 saturated heterocycles. The molecule has 0 radical (unpaired) electrons. The molecule has 1 aliphatic rings. The monoisotopic (exact) mass is 360 g/mol. The number of carbonyl (C=O) groups excluding carboxylic acids is 2. The number of ether oxygens (including phenoxy) is 2. The molecule has 1 aromatic heterocycles. The van der Waals surface area contributed by atoms with Gasteiger partial charge in [-0.3, -0.25) is 9.59 Å². The van der Waals surface area contributed by atoms with Crippen LogP contribution in [0.4, 0.5) is 0 Å². The number of thiophene rings is 1. The third-order valence-corrected chi connectivity index (χ3v) is 4.76. The van der Waals surface area contributed by atoms with E-state index in [1.807, 2.05) is 37.4 Å². The van der Waals surface area contributed by atoms with Gasteiger partial charge in [0, 0.05) is 22.9 Å². The molecular formula is C18H20N2O4S. The van der Waals surface area contributed by atoms with Crippen LogP contribution >= 0.6 is 11.3 Å². The van der Waals surface area contributed by atoms with Crippen molar-refractivity contribution in [2.24, 2.45) is 0 Å². The number of fused-ring (bicyclic) bond motifs is 1. The van der Waals surface area contributed by atoms with Gasteiger partial charge in [-0.2, -0.15) is 11.3 Å². The van der Waals surface area contributed by atoms with Crippen molar-refractivity contribution in [1.82, 2.24) is 10.6 Å². The lowest BCUT2D eigenvalue weighted by atomic mass is 9.84. The molecule has 0 bridgehead atoms. The van der Waals surface area contributed by atoms with Gasteiger partial charge in [0.15, 0.2) is 11.5 Å². The fraction of sp³-hybridized carbons (Fsp3) is 0.333. The van der Waals surface area contributed by atoms with Crippen LogP contribution in [0.3, 0.4) is 0 Å². The summed E-state index contributed by atoms with van der Waals surface area (Å²) in [6.45, 7) is 4.70. The summed E-state index contributed by atoms with van der Waals surface area (Å²) in [7, 11) is 0. The zero-order chi connectivity index (χ0) is 17.9. The molecule has 2 aromatic rings. The van der Waals surface area contributed by atoms with Gasteiger partial charge in [-0.1, -0.05) is 19.9 Å². The largest absolute Gasteiger partial charge is 0.454 e. The molecule has 2 heterocycles. The topological polar surface area (TPSA) is 76.7 Å². The lowest BCUT2D eigenvalue weighted by Crippen LogP contribution is -2.42. The second-order valence-electron chi connectivity index (χ2n) is 6.42. The summed E-state index contributed by atoms with van der Waals surface area (Å²) in [4.78, 5) is 23.8. The standard InChI is InChI=1S/C18H20N2O4S/c1-18(2,13-3-4-14-15(7-13)24-11-23-14)10-20-16(21)8-19-17(22)12-5-6-25-9-12/h3-7,9H,8,10-11H2,1-2H3,(H,19,22)(H,20,21). The van der Waals surface area contributed by atoms with Gasteiger partial charge in [-0.25, -0.2) is 0 Å². The van der Waals surface area contributed by atoms with Crippen LogP contribution in [0, 0.1) is 0 Å². The van der Waals surface area contributed by atoms with Crippen LogP contribution < -0.4 is 20.1 Å². The van der Waals surface area contributed by atoms with Gasteiger partial charge in [-0.05, 0) is 29.1 Å². The Balaban J connectivity index is 1.51. The normalized spacial score (nSPS) is 12.7. The van der Waals surface area contributed by atoms with Crippen LogP contribution in [0.2, 0.25) is 0 Å². The second kappa shape index (κ2) is 7.14. The molecule has 0 saturated carbocycles. The molecule has 1 aromatic carbocycles. The van der Waals surface area contributed by atoms with Crippen LogP contribution in [-0.4, -0.2) is 31.7 Å². The van der Waals surface area contributed by atoms with Gasteiger partial charge in [0.05, 0.1) is 6.54 Å². The Kier molecular flexibility index (Phi) is 4.94. The minimum Gasteiger partial charge on any atom is -0.454 e. The van der Waals surface area contributed by atoms with Crippen molar-refractivity contribution in [3.05, 3.63) is 46.2 Å². The Morgan fingerprint density at radius 3 is 2.72 bits per heavy atom. The van der Waals surface area contributed by atoms with Crippen LogP contribution in [-0.2, 0) is 10.2 Å². The summed E-state index contributed by atoms with van der Waals surface area (Å²) >= 11 is 1.44. The Bertz CT molecular complexity index is 771. The van der Waals surface area contributed by atoms with E-state index in [1.54, 1.807) is 11.4 Å². The smallest absolute Gasteiger partial charge is 0.252 e. The molecule has 7 heteroatoms. The van der Waals surface area contributed by atoms with E-state index in [0.717, 1.165) is 17.1 Å². The first kappa shape index (κ1) is 17.3. The molecule has 1 aliphatic heterocycles. The van der Waals surface area contributed by atoms with Gasteiger partial charge >= 0.3 is 0 Å². The highest BCUT2D eigenvalue weighted by molar-refractivity contribution is 7.08. The fourth-order valence-electron chi connectivity index (χ4n) is 2.46. The van der Waals surface area contributed by atoms with E-state index >= 15 is 0 Å². The van der Waals surface area contributed by atoms with Crippen molar-refractivity contribution >= 4 is 23.2 Å². The van der Waals surface area contributed by atoms with E-state index in [-0.39, 0.29) is 30.6 Å². The van der Waals surface area contributed by atoms with Crippen LogP contribution in [0.15, 0.2) is 35.0 Å². The van der Waals surface area contributed by atoms with Crippen molar-refractivity contribution in [2.45, 2.75) is 19.3 Å².